The van der Waals surface area contributed by atoms with Gasteiger partial charge in [0, 0.05) is 0 Å². The van der Waals surface area contributed by atoms with Crippen LogP contribution < -0.4 is 0 Å². The molecule has 2 nitrogen and oxygen atoms in total. The van der Waals surface area contributed by atoms with Gasteiger partial charge in [0.25, 0.3) is 0 Å². The number of rotatable bonds is 4. The van der Waals surface area contributed by atoms with Crippen molar-refractivity contribution in [3.63, 3.8) is 0 Å². The highest BCUT2D eigenvalue weighted by atomic mass is 16.3. The van der Waals surface area contributed by atoms with Crippen molar-refractivity contribution >= 4 is 0 Å². The van der Waals surface area contributed by atoms with E-state index in [1.807, 2.05) is 27.7 Å². The molecule has 0 aromatic rings. The first-order chi connectivity index (χ1) is 7.95. The first-order valence-corrected chi connectivity index (χ1v) is 6.36. The molecular weight excluding hydrogens is 224 g/mol. The molecule has 2 heteroatoms. The Labute approximate surface area is 113 Å². The molecule has 0 aromatic carbocycles. The third-order valence-electron chi connectivity index (χ3n) is 2.23. The average molecular weight is 252 g/mol. The molecule has 0 radical (unpaired) electrons. The van der Waals surface area contributed by atoms with E-state index in [2.05, 4.69) is 11.8 Å². The average Bonchev–Trinajstić information content (AvgIpc) is 2.15. The summed E-state index contributed by atoms with van der Waals surface area (Å²) in [6.07, 6.45) is 11.4. The lowest BCUT2D eigenvalue weighted by Crippen LogP contribution is -2.23. The molecule has 104 valence electrons. The summed E-state index contributed by atoms with van der Waals surface area (Å²) < 4.78 is 0. The van der Waals surface area contributed by atoms with E-state index in [1.165, 1.54) is 0 Å². The van der Waals surface area contributed by atoms with E-state index in [-0.39, 0.29) is 0 Å². The Balaban J connectivity index is 0. The second-order valence-corrected chi connectivity index (χ2v) is 6.03. The van der Waals surface area contributed by atoms with Gasteiger partial charge in [-0.15, -0.1) is 12.8 Å². The first kappa shape index (κ1) is 19.4. The molecule has 0 aliphatic rings. The van der Waals surface area contributed by atoms with Gasteiger partial charge in [-0.05, 0) is 38.5 Å². The number of hydrogen-bond acceptors (Lipinski definition) is 2. The van der Waals surface area contributed by atoms with Crippen LogP contribution in [-0.4, -0.2) is 21.4 Å². The Bertz CT molecular complexity index is 266. The fourth-order valence-corrected chi connectivity index (χ4v) is 1.71. The second kappa shape index (κ2) is 8.20. The van der Waals surface area contributed by atoms with Crippen LogP contribution in [0.2, 0.25) is 0 Å². The van der Waals surface area contributed by atoms with E-state index in [1.54, 1.807) is 13.8 Å². The topological polar surface area (TPSA) is 40.5 Å². The zero-order valence-electron chi connectivity index (χ0n) is 12.6. The SMILES string of the molecule is C#CC(C)(O)CC(C)C.C#CC(C)(O)CC(C)C. The van der Waals surface area contributed by atoms with Crippen LogP contribution in [0.15, 0.2) is 0 Å². The molecule has 2 N–H and O–H groups in total. The lowest BCUT2D eigenvalue weighted by molar-refractivity contribution is 0.0971. The van der Waals surface area contributed by atoms with E-state index in [0.717, 1.165) is 0 Å². The van der Waals surface area contributed by atoms with Gasteiger partial charge in [0.05, 0.1) is 0 Å². The van der Waals surface area contributed by atoms with Crippen molar-refractivity contribution in [1.29, 1.82) is 0 Å². The quantitative estimate of drug-likeness (QED) is 0.755. The van der Waals surface area contributed by atoms with Gasteiger partial charge in [-0.1, -0.05) is 39.5 Å². The maximum atomic E-state index is 9.26. The summed E-state index contributed by atoms with van der Waals surface area (Å²) >= 11 is 0. The van der Waals surface area contributed by atoms with Gasteiger partial charge >= 0.3 is 0 Å². The first-order valence-electron chi connectivity index (χ1n) is 6.36. The zero-order chi connectivity index (χ0) is 15.0. The van der Waals surface area contributed by atoms with Crippen LogP contribution in [0.25, 0.3) is 0 Å². The minimum atomic E-state index is -0.909. The maximum Gasteiger partial charge on any atom is 0.122 e. The lowest BCUT2D eigenvalue weighted by Gasteiger charge is -2.17. The van der Waals surface area contributed by atoms with Crippen molar-refractivity contribution in [1.82, 2.24) is 0 Å². The van der Waals surface area contributed by atoms with Gasteiger partial charge in [0.2, 0.25) is 0 Å². The van der Waals surface area contributed by atoms with E-state index >= 15 is 0 Å². The summed E-state index contributed by atoms with van der Waals surface area (Å²) in [5.74, 6) is 5.57. The molecular formula is C16H28O2. The van der Waals surface area contributed by atoms with Crippen molar-refractivity contribution in [2.75, 3.05) is 0 Å². The summed E-state index contributed by atoms with van der Waals surface area (Å²) in [6, 6.07) is 0. The van der Waals surface area contributed by atoms with Gasteiger partial charge in [-0.2, -0.15) is 0 Å². The van der Waals surface area contributed by atoms with Crippen LogP contribution in [0, 0.1) is 36.5 Å². The molecule has 0 rings (SSSR count). The van der Waals surface area contributed by atoms with Crippen LogP contribution in [0.1, 0.15) is 54.4 Å². The summed E-state index contributed by atoms with van der Waals surface area (Å²) in [6.45, 7) is 11.5. The summed E-state index contributed by atoms with van der Waals surface area (Å²) in [5, 5.41) is 18.5. The smallest absolute Gasteiger partial charge is 0.122 e. The summed E-state index contributed by atoms with van der Waals surface area (Å²) in [4.78, 5) is 0. The van der Waals surface area contributed by atoms with Crippen molar-refractivity contribution < 1.29 is 10.2 Å². The molecule has 0 heterocycles. The standard InChI is InChI=1S/2C8H14O/c2*1-5-8(4,9)6-7(2)3/h2*1,7,9H,6H2,2-4H3. The molecule has 2 atom stereocenters. The molecule has 0 saturated carbocycles. The van der Waals surface area contributed by atoms with E-state index in [9.17, 15) is 10.2 Å². The summed E-state index contributed by atoms with van der Waals surface area (Å²) in [5.41, 5.74) is -1.82. The molecule has 0 spiro atoms. The Morgan fingerprint density at radius 3 is 1.11 bits per heavy atom. The monoisotopic (exact) mass is 252 g/mol. The molecule has 0 saturated heterocycles. The third-order valence-corrected chi connectivity index (χ3v) is 2.23. The zero-order valence-corrected chi connectivity index (χ0v) is 12.6. The molecule has 2 unspecified atom stereocenters. The Morgan fingerprint density at radius 1 is 0.833 bits per heavy atom. The van der Waals surface area contributed by atoms with Crippen LogP contribution in [0.3, 0.4) is 0 Å². The Morgan fingerprint density at radius 2 is 1.06 bits per heavy atom. The Kier molecular flexibility index (Phi) is 8.83. The van der Waals surface area contributed by atoms with Gasteiger partial charge in [-0.25, -0.2) is 0 Å². The van der Waals surface area contributed by atoms with E-state index in [0.29, 0.717) is 24.7 Å². The predicted octanol–water partition coefficient (Wildman–Crippen LogP) is 2.83. The Hall–Kier alpha value is -0.960. The highest BCUT2D eigenvalue weighted by Crippen LogP contribution is 2.14. The van der Waals surface area contributed by atoms with Crippen molar-refractivity contribution in [2.24, 2.45) is 11.8 Å². The highest BCUT2D eigenvalue weighted by molar-refractivity contribution is 5.04. The summed E-state index contributed by atoms with van der Waals surface area (Å²) in [7, 11) is 0. The minimum Gasteiger partial charge on any atom is -0.378 e. The van der Waals surface area contributed by atoms with Crippen LogP contribution in [0.4, 0.5) is 0 Å². The highest BCUT2D eigenvalue weighted by Gasteiger charge is 2.17. The number of terminal acetylenes is 2. The van der Waals surface area contributed by atoms with E-state index in [4.69, 9.17) is 12.8 Å². The van der Waals surface area contributed by atoms with Crippen LogP contribution in [-0.2, 0) is 0 Å². The van der Waals surface area contributed by atoms with Crippen molar-refractivity contribution in [3.8, 4) is 24.7 Å². The molecule has 0 amide bonds. The van der Waals surface area contributed by atoms with Gasteiger partial charge < -0.3 is 10.2 Å². The van der Waals surface area contributed by atoms with Gasteiger partial charge in [-0.3, -0.25) is 0 Å². The second-order valence-electron chi connectivity index (χ2n) is 6.03. The molecule has 0 aromatic heterocycles. The fourth-order valence-electron chi connectivity index (χ4n) is 1.71. The normalized spacial score (nSPS) is 16.9. The van der Waals surface area contributed by atoms with Crippen LogP contribution in [0.5, 0.6) is 0 Å². The number of aliphatic hydroxyl groups is 2. The lowest BCUT2D eigenvalue weighted by atomic mass is 9.95. The fraction of sp³-hybridized carbons (Fsp3) is 0.750. The molecule has 0 fully saturated rings. The minimum absolute atomic E-state index is 0.455. The molecule has 0 bridgehead atoms. The molecule has 0 aliphatic heterocycles. The van der Waals surface area contributed by atoms with E-state index < -0.39 is 11.2 Å². The predicted molar refractivity (Wildman–Crippen MR) is 77.8 cm³/mol. The number of hydrogen-bond donors (Lipinski definition) is 2. The van der Waals surface area contributed by atoms with Crippen molar-refractivity contribution in [2.45, 2.75) is 65.6 Å². The van der Waals surface area contributed by atoms with Gasteiger partial charge in [0.15, 0.2) is 0 Å². The molecule has 0 aliphatic carbocycles. The maximum absolute atomic E-state index is 9.26. The largest absolute Gasteiger partial charge is 0.378 e. The third kappa shape index (κ3) is 13.1. The van der Waals surface area contributed by atoms with Gasteiger partial charge in [0.1, 0.15) is 11.2 Å². The molecule has 18 heavy (non-hydrogen) atoms. The van der Waals surface area contributed by atoms with Crippen molar-refractivity contribution in [3.05, 3.63) is 0 Å². The van der Waals surface area contributed by atoms with Crippen LogP contribution >= 0.6 is 0 Å².